The van der Waals surface area contributed by atoms with Crippen molar-refractivity contribution in [2.24, 2.45) is 0 Å². The number of tetrazole rings is 1. The summed E-state index contributed by atoms with van der Waals surface area (Å²) in [5.41, 5.74) is 1.16. The van der Waals surface area contributed by atoms with Crippen molar-refractivity contribution in [2.45, 2.75) is 63.6 Å². The third-order valence-corrected chi connectivity index (χ3v) is 6.76. The molecule has 2 fully saturated rings. The lowest BCUT2D eigenvalue weighted by atomic mass is 9.77. The minimum absolute atomic E-state index is 0.0345. The Hall–Kier alpha value is -2.81. The average Bonchev–Trinajstić information content (AvgIpc) is 3.30. The van der Waals surface area contributed by atoms with Crippen LogP contribution in [0.2, 0.25) is 0 Å². The lowest BCUT2D eigenvalue weighted by Crippen LogP contribution is -2.52. The second kappa shape index (κ2) is 10.7. The lowest BCUT2D eigenvalue weighted by molar-refractivity contribution is -0.132. The maximum Gasteiger partial charge on any atom is 0.244 e. The number of nitrogens with one attached hydrogen (secondary N) is 1. The van der Waals surface area contributed by atoms with E-state index >= 15 is 0 Å². The van der Waals surface area contributed by atoms with Gasteiger partial charge in [-0.15, -0.1) is 5.10 Å². The predicted molar refractivity (Wildman–Crippen MR) is 119 cm³/mol. The van der Waals surface area contributed by atoms with Gasteiger partial charge in [-0.3, -0.25) is 14.5 Å². The van der Waals surface area contributed by atoms with E-state index < -0.39 is 0 Å². The quantitative estimate of drug-likeness (QED) is 0.778. The molecule has 2 amide bonds. The summed E-state index contributed by atoms with van der Waals surface area (Å²) in [5.74, 6) is 0.0486. The second-order valence-electron chi connectivity index (χ2n) is 8.96. The van der Waals surface area contributed by atoms with Crippen LogP contribution in [0.4, 0.5) is 0 Å². The van der Waals surface area contributed by atoms with Gasteiger partial charge >= 0.3 is 0 Å². The Labute approximate surface area is 189 Å². The summed E-state index contributed by atoms with van der Waals surface area (Å²) in [6.07, 6.45) is 8.50. The highest BCUT2D eigenvalue weighted by atomic mass is 16.2. The molecule has 2 aromatic rings. The van der Waals surface area contributed by atoms with Crippen molar-refractivity contribution in [1.29, 1.82) is 0 Å². The average molecular weight is 440 g/mol. The van der Waals surface area contributed by atoms with Crippen LogP contribution in [0.3, 0.4) is 0 Å². The van der Waals surface area contributed by atoms with Crippen LogP contribution in [0.25, 0.3) is 0 Å². The van der Waals surface area contributed by atoms with Gasteiger partial charge in [-0.05, 0) is 35.3 Å². The number of aromatic nitrogens is 4. The van der Waals surface area contributed by atoms with Crippen LogP contribution in [-0.4, -0.2) is 73.5 Å². The van der Waals surface area contributed by atoms with Gasteiger partial charge in [-0.1, -0.05) is 49.6 Å². The first-order valence-electron chi connectivity index (χ1n) is 11.7. The van der Waals surface area contributed by atoms with Gasteiger partial charge < -0.3 is 10.2 Å². The van der Waals surface area contributed by atoms with Crippen LogP contribution in [0.5, 0.6) is 0 Å². The molecule has 1 saturated heterocycles. The summed E-state index contributed by atoms with van der Waals surface area (Å²) in [7, 11) is 0. The molecule has 9 nitrogen and oxygen atoms in total. The number of rotatable bonds is 4. The third kappa shape index (κ3) is 5.70. The van der Waals surface area contributed by atoms with E-state index in [2.05, 4.69) is 50.0 Å². The molecule has 1 aromatic carbocycles. The van der Waals surface area contributed by atoms with Gasteiger partial charge in [-0.2, -0.15) is 0 Å². The first-order chi connectivity index (χ1) is 15.6. The molecule has 1 aliphatic heterocycles. The van der Waals surface area contributed by atoms with Crippen molar-refractivity contribution < 1.29 is 9.59 Å². The lowest BCUT2D eigenvalue weighted by Gasteiger charge is -2.46. The Kier molecular flexibility index (Phi) is 7.47. The maximum absolute atomic E-state index is 12.9. The molecule has 9 heteroatoms. The molecule has 1 spiro atoms. The Morgan fingerprint density at radius 1 is 1.03 bits per heavy atom. The number of benzene rings is 1. The van der Waals surface area contributed by atoms with Crippen LogP contribution in [0.1, 0.15) is 50.5 Å². The molecule has 172 valence electrons. The van der Waals surface area contributed by atoms with Gasteiger partial charge in [0.1, 0.15) is 12.9 Å². The number of nitrogens with zero attached hydrogens (tertiary/aromatic N) is 6. The summed E-state index contributed by atoms with van der Waals surface area (Å²) in [6.45, 7) is 3.41. The van der Waals surface area contributed by atoms with Crippen LogP contribution < -0.4 is 5.32 Å². The molecule has 0 unspecified atom stereocenters. The van der Waals surface area contributed by atoms with Crippen LogP contribution >= 0.6 is 0 Å². The molecule has 0 atom stereocenters. The summed E-state index contributed by atoms with van der Waals surface area (Å²) in [5, 5.41) is 14.1. The maximum atomic E-state index is 12.9. The van der Waals surface area contributed by atoms with Gasteiger partial charge in [0.05, 0.1) is 0 Å². The van der Waals surface area contributed by atoms with E-state index in [0.29, 0.717) is 26.1 Å². The zero-order valence-electron chi connectivity index (χ0n) is 18.7. The minimum atomic E-state index is -0.107. The zero-order chi connectivity index (χ0) is 22.2. The van der Waals surface area contributed by atoms with Crippen molar-refractivity contribution in [3.63, 3.8) is 0 Å². The van der Waals surface area contributed by atoms with Crippen molar-refractivity contribution in [3.05, 3.63) is 42.2 Å². The first-order valence-corrected chi connectivity index (χ1v) is 11.7. The Bertz CT molecular complexity index is 866. The molecule has 0 radical (unpaired) electrons. The van der Waals surface area contributed by atoms with Crippen molar-refractivity contribution in [2.75, 3.05) is 26.2 Å². The number of hydrogen-bond donors (Lipinski definition) is 1. The number of hydrogen-bond acceptors (Lipinski definition) is 6. The summed E-state index contributed by atoms with van der Waals surface area (Å²) in [6, 6.07) is 10.5. The molecular weight excluding hydrogens is 406 g/mol. The highest BCUT2D eigenvalue weighted by molar-refractivity contribution is 5.78. The molecule has 1 aromatic heterocycles. The van der Waals surface area contributed by atoms with Crippen LogP contribution in [-0.2, 0) is 22.7 Å². The molecule has 1 aliphatic carbocycles. The summed E-state index contributed by atoms with van der Waals surface area (Å²) in [4.78, 5) is 30.1. The van der Waals surface area contributed by atoms with Gasteiger partial charge in [0.25, 0.3) is 0 Å². The van der Waals surface area contributed by atoms with E-state index in [0.717, 1.165) is 45.2 Å². The topological polar surface area (TPSA) is 96.3 Å². The van der Waals surface area contributed by atoms with Crippen LogP contribution in [0, 0.1) is 0 Å². The SMILES string of the molecule is O=C1CC2(CCCCC2)N(Cc2ccccc2)CCCN(C(=O)Cn2cnnn2)CCN1. The second-order valence-corrected chi connectivity index (χ2v) is 8.96. The number of carbonyl (C=O) groups excluding carboxylic acids is 2. The fourth-order valence-electron chi connectivity index (χ4n) is 5.10. The van der Waals surface area contributed by atoms with Gasteiger partial charge in [0.15, 0.2) is 0 Å². The summed E-state index contributed by atoms with van der Waals surface area (Å²) < 4.78 is 1.44. The zero-order valence-corrected chi connectivity index (χ0v) is 18.7. The van der Waals surface area contributed by atoms with E-state index in [1.54, 1.807) is 0 Å². The first kappa shape index (κ1) is 22.4. The van der Waals surface area contributed by atoms with Crippen molar-refractivity contribution in [3.8, 4) is 0 Å². The monoisotopic (exact) mass is 439 g/mol. The van der Waals surface area contributed by atoms with Crippen molar-refractivity contribution >= 4 is 11.8 Å². The minimum Gasteiger partial charge on any atom is -0.354 e. The standard InChI is InChI=1S/C23H33N7O2/c31-21-16-23(10-5-2-6-11-23)29(17-20-8-3-1-4-9-20)14-7-13-28(15-12-24-21)22(32)18-30-19-25-26-27-30/h1,3-4,8-9,19H,2,5-7,10-18H2,(H,24,31). The Balaban J connectivity index is 1.51. The predicted octanol–water partition coefficient (Wildman–Crippen LogP) is 1.62. The normalized spacial score (nSPS) is 20.5. The van der Waals surface area contributed by atoms with Gasteiger partial charge in [0.2, 0.25) is 11.8 Å². The number of carbonyl (C=O) groups is 2. The fourth-order valence-corrected chi connectivity index (χ4v) is 5.10. The third-order valence-electron chi connectivity index (χ3n) is 6.76. The smallest absolute Gasteiger partial charge is 0.244 e. The molecule has 2 heterocycles. The molecule has 4 rings (SSSR count). The van der Waals surface area contributed by atoms with E-state index in [4.69, 9.17) is 0 Å². The summed E-state index contributed by atoms with van der Waals surface area (Å²) >= 11 is 0. The van der Waals surface area contributed by atoms with E-state index in [-0.39, 0.29) is 23.9 Å². The van der Waals surface area contributed by atoms with E-state index in [1.165, 1.54) is 23.0 Å². The van der Waals surface area contributed by atoms with Crippen molar-refractivity contribution in [1.82, 2.24) is 35.3 Å². The molecule has 32 heavy (non-hydrogen) atoms. The molecule has 1 N–H and O–H groups in total. The van der Waals surface area contributed by atoms with Gasteiger partial charge in [0, 0.05) is 44.7 Å². The fraction of sp³-hybridized carbons (Fsp3) is 0.609. The van der Waals surface area contributed by atoms with Crippen LogP contribution in [0.15, 0.2) is 36.7 Å². The highest BCUT2D eigenvalue weighted by Gasteiger charge is 2.39. The molecule has 0 bridgehead atoms. The van der Waals surface area contributed by atoms with Gasteiger partial charge in [-0.25, -0.2) is 4.68 Å². The number of amides is 2. The Morgan fingerprint density at radius 3 is 2.59 bits per heavy atom. The largest absolute Gasteiger partial charge is 0.354 e. The molecular formula is C23H33N7O2. The molecule has 1 saturated carbocycles. The van der Waals surface area contributed by atoms with E-state index in [1.807, 2.05) is 11.0 Å². The Morgan fingerprint density at radius 2 is 1.84 bits per heavy atom. The highest BCUT2D eigenvalue weighted by Crippen LogP contribution is 2.38. The molecule has 2 aliphatic rings. The van der Waals surface area contributed by atoms with E-state index in [9.17, 15) is 9.59 Å².